The molecule has 3 nitrogen and oxygen atoms in total. The van der Waals surface area contributed by atoms with Gasteiger partial charge in [-0.1, -0.05) is 57.0 Å². The molecular formula is C18H26N2O. The molecule has 1 heterocycles. The van der Waals surface area contributed by atoms with E-state index in [0.29, 0.717) is 11.8 Å². The van der Waals surface area contributed by atoms with Crippen molar-refractivity contribution in [2.24, 2.45) is 5.92 Å². The van der Waals surface area contributed by atoms with Crippen LogP contribution in [0.2, 0.25) is 0 Å². The number of aromatic hydroxyl groups is 1. The number of nitrogens with zero attached hydrogens (tertiary/aromatic N) is 2. The summed E-state index contributed by atoms with van der Waals surface area (Å²) < 4.78 is 1.75. The number of benzene rings is 1. The van der Waals surface area contributed by atoms with Gasteiger partial charge in [0, 0.05) is 6.54 Å². The van der Waals surface area contributed by atoms with Crippen LogP contribution >= 0.6 is 0 Å². The van der Waals surface area contributed by atoms with Gasteiger partial charge in [-0.25, -0.2) is 4.68 Å². The van der Waals surface area contributed by atoms with Crippen LogP contribution in [-0.2, 0) is 13.0 Å². The second-order valence-electron chi connectivity index (χ2n) is 6.19. The smallest absolute Gasteiger partial charge is 0.217 e. The van der Waals surface area contributed by atoms with E-state index in [2.05, 4.69) is 57.1 Å². The lowest BCUT2D eigenvalue weighted by molar-refractivity contribution is 0.372. The van der Waals surface area contributed by atoms with Crippen LogP contribution in [0.5, 0.6) is 5.88 Å². The number of unbranched alkanes of at least 4 members (excludes halogenated alkanes) is 1. The Morgan fingerprint density at radius 2 is 1.86 bits per heavy atom. The molecule has 1 N–H and O–H groups in total. The third kappa shape index (κ3) is 3.66. The topological polar surface area (TPSA) is 38.0 Å². The van der Waals surface area contributed by atoms with Gasteiger partial charge in [-0.2, -0.15) is 5.10 Å². The molecule has 0 aliphatic rings. The molecule has 21 heavy (non-hydrogen) atoms. The van der Waals surface area contributed by atoms with E-state index in [1.54, 1.807) is 4.68 Å². The highest BCUT2D eigenvalue weighted by Gasteiger charge is 2.18. The summed E-state index contributed by atoms with van der Waals surface area (Å²) in [6, 6.07) is 8.30. The maximum absolute atomic E-state index is 10.6. The molecule has 2 aromatic rings. The Hall–Kier alpha value is -1.77. The maximum atomic E-state index is 10.6. The summed E-state index contributed by atoms with van der Waals surface area (Å²) in [5, 5.41) is 15.2. The van der Waals surface area contributed by atoms with Crippen molar-refractivity contribution in [3.63, 3.8) is 0 Å². The van der Waals surface area contributed by atoms with Gasteiger partial charge < -0.3 is 5.11 Å². The van der Waals surface area contributed by atoms with Gasteiger partial charge in [0.2, 0.25) is 5.88 Å². The summed E-state index contributed by atoms with van der Waals surface area (Å²) in [6.45, 7) is 9.27. The number of hydrogen-bond acceptors (Lipinski definition) is 2. The first kappa shape index (κ1) is 15.6. The van der Waals surface area contributed by atoms with Crippen LogP contribution < -0.4 is 0 Å². The third-order valence-corrected chi connectivity index (χ3v) is 3.64. The van der Waals surface area contributed by atoms with E-state index in [9.17, 15) is 5.11 Å². The van der Waals surface area contributed by atoms with Gasteiger partial charge in [0.15, 0.2) is 0 Å². The molecule has 0 saturated heterocycles. The fraction of sp³-hybridized carbons (Fsp3) is 0.500. The van der Waals surface area contributed by atoms with Gasteiger partial charge in [-0.15, -0.1) is 0 Å². The van der Waals surface area contributed by atoms with Crippen LogP contribution in [0.1, 0.15) is 44.9 Å². The van der Waals surface area contributed by atoms with Gasteiger partial charge in [0.1, 0.15) is 0 Å². The third-order valence-electron chi connectivity index (χ3n) is 3.64. The zero-order chi connectivity index (χ0) is 15.4. The van der Waals surface area contributed by atoms with Crippen LogP contribution in [0.15, 0.2) is 24.3 Å². The van der Waals surface area contributed by atoms with Crippen LogP contribution in [0.4, 0.5) is 0 Å². The van der Waals surface area contributed by atoms with Gasteiger partial charge in [-0.05, 0) is 31.2 Å². The molecule has 1 aromatic heterocycles. The fourth-order valence-corrected chi connectivity index (χ4v) is 2.51. The van der Waals surface area contributed by atoms with Gasteiger partial charge in [0.25, 0.3) is 0 Å². The Kier molecular flexibility index (Phi) is 5.05. The molecule has 1 aromatic carbocycles. The number of aryl methyl sites for hydroxylation is 2. The highest BCUT2D eigenvalue weighted by atomic mass is 16.3. The summed E-state index contributed by atoms with van der Waals surface area (Å²) in [6.07, 6.45) is 3.14. The lowest BCUT2D eigenvalue weighted by atomic mass is 10.0. The van der Waals surface area contributed by atoms with E-state index in [4.69, 9.17) is 0 Å². The molecule has 0 bridgehead atoms. The van der Waals surface area contributed by atoms with Crippen LogP contribution in [0.25, 0.3) is 11.1 Å². The van der Waals surface area contributed by atoms with Gasteiger partial charge in [-0.3, -0.25) is 0 Å². The van der Waals surface area contributed by atoms with Crippen LogP contribution in [0.3, 0.4) is 0 Å². The Morgan fingerprint density at radius 1 is 1.19 bits per heavy atom. The summed E-state index contributed by atoms with van der Waals surface area (Å²) in [5.74, 6) is 0.763. The highest BCUT2D eigenvalue weighted by molar-refractivity contribution is 5.71. The number of aromatic nitrogens is 2. The first-order chi connectivity index (χ1) is 10.0. The van der Waals surface area contributed by atoms with Crippen molar-refractivity contribution in [2.45, 2.75) is 53.5 Å². The fourth-order valence-electron chi connectivity index (χ4n) is 2.51. The average Bonchev–Trinajstić information content (AvgIpc) is 2.73. The molecule has 0 unspecified atom stereocenters. The quantitative estimate of drug-likeness (QED) is 0.845. The molecule has 0 radical (unpaired) electrons. The van der Waals surface area contributed by atoms with E-state index >= 15 is 0 Å². The molecule has 0 aliphatic heterocycles. The minimum absolute atomic E-state index is 0.304. The minimum Gasteiger partial charge on any atom is -0.493 e. The van der Waals surface area contributed by atoms with Crippen molar-refractivity contribution < 1.29 is 5.11 Å². The summed E-state index contributed by atoms with van der Waals surface area (Å²) in [4.78, 5) is 0. The second kappa shape index (κ2) is 6.79. The van der Waals surface area contributed by atoms with E-state index < -0.39 is 0 Å². The monoisotopic (exact) mass is 286 g/mol. The molecule has 0 aliphatic carbocycles. The van der Waals surface area contributed by atoms with Crippen molar-refractivity contribution in [1.29, 1.82) is 0 Å². The molecule has 0 saturated carbocycles. The van der Waals surface area contributed by atoms with E-state index in [-0.39, 0.29) is 0 Å². The highest BCUT2D eigenvalue weighted by Crippen LogP contribution is 2.34. The van der Waals surface area contributed by atoms with Crippen LogP contribution in [0, 0.1) is 12.8 Å². The zero-order valence-electron chi connectivity index (χ0n) is 13.6. The number of rotatable bonds is 6. The molecular weight excluding hydrogens is 260 g/mol. The predicted octanol–water partition coefficient (Wildman–Crippen LogP) is 4.56. The number of hydrogen-bond donors (Lipinski definition) is 1. The van der Waals surface area contributed by atoms with Crippen molar-refractivity contribution in [2.75, 3.05) is 0 Å². The molecule has 3 heteroatoms. The van der Waals surface area contributed by atoms with Crippen molar-refractivity contribution >= 4 is 0 Å². The van der Waals surface area contributed by atoms with Crippen molar-refractivity contribution in [3.05, 3.63) is 35.5 Å². The summed E-state index contributed by atoms with van der Waals surface area (Å²) >= 11 is 0. The summed E-state index contributed by atoms with van der Waals surface area (Å²) in [5.41, 5.74) is 4.20. The molecule has 114 valence electrons. The lowest BCUT2D eigenvalue weighted by Gasteiger charge is -2.06. The largest absolute Gasteiger partial charge is 0.493 e. The average molecular weight is 286 g/mol. The normalized spacial score (nSPS) is 11.3. The first-order valence-electron chi connectivity index (χ1n) is 7.88. The molecule has 0 atom stereocenters. The SMILES string of the molecule is CCCCc1nn(CC(C)C)c(O)c1-c1ccc(C)cc1. The Bertz CT molecular complexity index is 582. The van der Waals surface area contributed by atoms with Crippen molar-refractivity contribution in [3.8, 4) is 17.0 Å². The first-order valence-corrected chi connectivity index (χ1v) is 7.88. The van der Waals surface area contributed by atoms with Gasteiger partial charge in [0.05, 0.1) is 11.3 Å². The Morgan fingerprint density at radius 3 is 2.43 bits per heavy atom. The molecule has 0 amide bonds. The minimum atomic E-state index is 0.304. The predicted molar refractivity (Wildman–Crippen MR) is 87.5 cm³/mol. The Labute approximate surface area is 127 Å². The van der Waals surface area contributed by atoms with Gasteiger partial charge >= 0.3 is 0 Å². The molecule has 0 fully saturated rings. The zero-order valence-corrected chi connectivity index (χ0v) is 13.6. The molecule has 0 spiro atoms. The van der Waals surface area contributed by atoms with E-state index in [1.807, 2.05) is 0 Å². The standard InChI is InChI=1S/C18H26N2O/c1-5-6-7-16-17(15-10-8-14(4)9-11-15)18(21)20(19-16)12-13(2)3/h8-11,13,21H,5-7,12H2,1-4H3. The van der Waals surface area contributed by atoms with Crippen LogP contribution in [-0.4, -0.2) is 14.9 Å². The van der Waals surface area contributed by atoms with E-state index in [0.717, 1.165) is 42.6 Å². The lowest BCUT2D eigenvalue weighted by Crippen LogP contribution is -2.06. The van der Waals surface area contributed by atoms with E-state index in [1.165, 1.54) is 5.56 Å². The summed E-state index contributed by atoms with van der Waals surface area (Å²) in [7, 11) is 0. The van der Waals surface area contributed by atoms with Crippen molar-refractivity contribution in [1.82, 2.24) is 9.78 Å². The molecule has 2 rings (SSSR count). The Balaban J connectivity index is 2.45. The second-order valence-corrected chi connectivity index (χ2v) is 6.19. The maximum Gasteiger partial charge on any atom is 0.217 e.